The van der Waals surface area contributed by atoms with Crippen LogP contribution in [0.3, 0.4) is 0 Å². The molecule has 0 saturated heterocycles. The van der Waals surface area contributed by atoms with E-state index in [1.165, 1.54) is 0 Å². The van der Waals surface area contributed by atoms with Crippen molar-refractivity contribution in [2.45, 2.75) is 38.8 Å². The van der Waals surface area contributed by atoms with Crippen molar-refractivity contribution in [3.8, 4) is 5.75 Å². The van der Waals surface area contributed by atoms with E-state index in [1.54, 1.807) is 32.9 Å². The van der Waals surface area contributed by atoms with Gasteiger partial charge in [-0.15, -0.1) is 0 Å². The van der Waals surface area contributed by atoms with Gasteiger partial charge in [0.2, 0.25) is 0 Å². The molecule has 4 nitrogen and oxygen atoms in total. The van der Waals surface area contributed by atoms with E-state index in [-0.39, 0.29) is 17.2 Å². The van der Waals surface area contributed by atoms with Gasteiger partial charge in [-0.3, -0.25) is 4.79 Å². The number of carbonyl (C=O) groups is 1. The molecule has 3 N–H and O–H groups in total. The summed E-state index contributed by atoms with van der Waals surface area (Å²) >= 11 is 9.12. The molecule has 19 heavy (non-hydrogen) atoms. The third-order valence-corrected chi connectivity index (χ3v) is 3.01. The van der Waals surface area contributed by atoms with Gasteiger partial charge in [0.25, 0.3) is 0 Å². The summed E-state index contributed by atoms with van der Waals surface area (Å²) in [4.78, 5) is 11.7. The molecular weight excluding hydrogens is 334 g/mol. The second-order valence-electron chi connectivity index (χ2n) is 5.22. The molecule has 0 bridgehead atoms. The molecule has 0 fully saturated rings. The average Bonchev–Trinajstić information content (AvgIpc) is 2.20. The summed E-state index contributed by atoms with van der Waals surface area (Å²) in [7, 11) is 0. The van der Waals surface area contributed by atoms with Crippen LogP contribution in [-0.2, 0) is 9.53 Å². The molecule has 0 amide bonds. The Morgan fingerprint density at radius 1 is 1.53 bits per heavy atom. The fourth-order valence-electron chi connectivity index (χ4n) is 1.54. The molecule has 1 rings (SSSR count). The molecule has 0 spiro atoms. The maximum Gasteiger partial charge on any atom is 0.308 e. The minimum atomic E-state index is -0.676. The van der Waals surface area contributed by atoms with E-state index >= 15 is 0 Å². The predicted molar refractivity (Wildman–Crippen MR) is 78.2 cm³/mol. The number of nitrogens with two attached hydrogens (primary N) is 1. The number of hydrogen-bond donors (Lipinski definition) is 2. The van der Waals surface area contributed by atoms with Gasteiger partial charge in [0.05, 0.1) is 11.4 Å². The number of phenolic OH excluding ortho intramolecular Hbond substituents is 1. The number of benzene rings is 1. The number of rotatable bonds is 3. The molecule has 6 heteroatoms. The van der Waals surface area contributed by atoms with Gasteiger partial charge >= 0.3 is 5.97 Å². The van der Waals surface area contributed by atoms with Crippen molar-refractivity contribution in [2.75, 3.05) is 0 Å². The van der Waals surface area contributed by atoms with Gasteiger partial charge in [0, 0.05) is 16.1 Å². The first-order valence-electron chi connectivity index (χ1n) is 5.75. The van der Waals surface area contributed by atoms with Gasteiger partial charge in [-0.25, -0.2) is 0 Å². The van der Waals surface area contributed by atoms with Crippen LogP contribution in [0, 0.1) is 0 Å². The molecule has 0 heterocycles. The van der Waals surface area contributed by atoms with Gasteiger partial charge in [-0.1, -0.05) is 27.5 Å². The first-order chi connectivity index (χ1) is 8.60. The number of ether oxygens (including phenoxy) is 1. The molecule has 0 saturated carbocycles. The quantitative estimate of drug-likeness (QED) is 0.818. The highest BCUT2D eigenvalue weighted by Crippen LogP contribution is 2.35. The van der Waals surface area contributed by atoms with Crippen molar-refractivity contribution >= 4 is 33.5 Å². The van der Waals surface area contributed by atoms with E-state index in [2.05, 4.69) is 15.9 Å². The number of esters is 1. The zero-order chi connectivity index (χ0) is 14.8. The Morgan fingerprint density at radius 3 is 2.63 bits per heavy atom. The Kier molecular flexibility index (Phi) is 5.24. The van der Waals surface area contributed by atoms with E-state index in [4.69, 9.17) is 22.1 Å². The Hall–Kier alpha value is -0.780. The second-order valence-corrected chi connectivity index (χ2v) is 6.55. The zero-order valence-electron chi connectivity index (χ0n) is 11.0. The number of halogens is 2. The summed E-state index contributed by atoms with van der Waals surface area (Å²) in [5.74, 6) is -0.531. The van der Waals surface area contributed by atoms with Gasteiger partial charge in [-0.2, -0.15) is 0 Å². The molecule has 0 aromatic heterocycles. The van der Waals surface area contributed by atoms with E-state index < -0.39 is 17.6 Å². The molecule has 1 aromatic carbocycles. The maximum atomic E-state index is 11.7. The van der Waals surface area contributed by atoms with Crippen LogP contribution in [0.5, 0.6) is 5.75 Å². The molecule has 0 unspecified atom stereocenters. The van der Waals surface area contributed by atoms with Crippen LogP contribution in [0.25, 0.3) is 0 Å². The van der Waals surface area contributed by atoms with Crippen molar-refractivity contribution < 1.29 is 14.6 Å². The van der Waals surface area contributed by atoms with Crippen molar-refractivity contribution in [1.29, 1.82) is 0 Å². The standard InChI is InChI=1S/C13H17BrClNO3/c1-13(2,3)19-11(17)6-10(16)8-4-7(14)5-9(15)12(8)18/h4-5,10,18H,6,16H2,1-3H3/t10-/m0/s1. The predicted octanol–water partition coefficient (Wildman–Crippen LogP) is 3.54. The first-order valence-corrected chi connectivity index (χ1v) is 6.92. The fourth-order valence-corrected chi connectivity index (χ4v) is 2.38. The minimum Gasteiger partial charge on any atom is -0.506 e. The van der Waals surface area contributed by atoms with Crippen LogP contribution in [0.4, 0.5) is 0 Å². The maximum absolute atomic E-state index is 11.7. The summed E-state index contributed by atoms with van der Waals surface area (Å²) in [6, 6.07) is 2.52. The van der Waals surface area contributed by atoms with Crippen molar-refractivity contribution in [3.63, 3.8) is 0 Å². The van der Waals surface area contributed by atoms with Gasteiger partial charge in [-0.05, 0) is 32.9 Å². The lowest BCUT2D eigenvalue weighted by Gasteiger charge is -2.21. The summed E-state index contributed by atoms with van der Waals surface area (Å²) < 4.78 is 5.87. The average molecular weight is 351 g/mol. The molecule has 0 aliphatic rings. The molecule has 0 aliphatic carbocycles. The van der Waals surface area contributed by atoms with Crippen LogP contribution in [0.15, 0.2) is 16.6 Å². The Balaban J connectivity index is 2.84. The highest BCUT2D eigenvalue weighted by molar-refractivity contribution is 9.10. The highest BCUT2D eigenvalue weighted by atomic mass is 79.9. The summed E-state index contributed by atoms with van der Waals surface area (Å²) in [6.45, 7) is 5.34. The lowest BCUT2D eigenvalue weighted by atomic mass is 10.0. The van der Waals surface area contributed by atoms with Gasteiger partial charge < -0.3 is 15.6 Å². The van der Waals surface area contributed by atoms with E-state index in [0.29, 0.717) is 10.0 Å². The molecule has 0 aliphatic heterocycles. The van der Waals surface area contributed by atoms with Gasteiger partial charge in [0.1, 0.15) is 11.4 Å². The van der Waals surface area contributed by atoms with Crippen molar-refractivity contribution in [3.05, 3.63) is 27.2 Å². The summed E-state index contributed by atoms with van der Waals surface area (Å²) in [6.07, 6.45) is -0.0301. The largest absolute Gasteiger partial charge is 0.506 e. The Bertz CT molecular complexity index is 486. The topological polar surface area (TPSA) is 72.5 Å². The highest BCUT2D eigenvalue weighted by Gasteiger charge is 2.22. The normalized spacial score (nSPS) is 13.2. The van der Waals surface area contributed by atoms with Gasteiger partial charge in [0.15, 0.2) is 0 Å². The lowest BCUT2D eigenvalue weighted by molar-refractivity contribution is -0.155. The number of aromatic hydroxyl groups is 1. The summed E-state index contributed by atoms with van der Waals surface area (Å²) in [5.41, 5.74) is 5.76. The van der Waals surface area contributed by atoms with Crippen molar-refractivity contribution in [1.82, 2.24) is 0 Å². The number of hydrogen-bond acceptors (Lipinski definition) is 4. The van der Waals surface area contributed by atoms with Crippen LogP contribution in [0.2, 0.25) is 5.02 Å². The monoisotopic (exact) mass is 349 g/mol. The Labute approximate surface area is 126 Å². The fraction of sp³-hybridized carbons (Fsp3) is 0.462. The zero-order valence-corrected chi connectivity index (χ0v) is 13.4. The molecule has 1 aromatic rings. The molecule has 1 atom stereocenters. The number of phenols is 1. The van der Waals surface area contributed by atoms with Crippen molar-refractivity contribution in [2.24, 2.45) is 5.73 Å². The first kappa shape index (κ1) is 16.3. The third kappa shape index (κ3) is 5.01. The van der Waals surface area contributed by atoms with Crippen LogP contribution in [-0.4, -0.2) is 16.7 Å². The van der Waals surface area contributed by atoms with E-state index in [9.17, 15) is 9.90 Å². The third-order valence-electron chi connectivity index (χ3n) is 2.26. The minimum absolute atomic E-state index is 0.0301. The lowest BCUT2D eigenvalue weighted by Crippen LogP contribution is -2.26. The van der Waals surface area contributed by atoms with E-state index in [0.717, 1.165) is 0 Å². The Morgan fingerprint density at radius 2 is 2.11 bits per heavy atom. The van der Waals surface area contributed by atoms with Crippen LogP contribution >= 0.6 is 27.5 Å². The number of carbonyl (C=O) groups excluding carboxylic acids is 1. The van der Waals surface area contributed by atoms with Crippen LogP contribution in [0.1, 0.15) is 38.8 Å². The molecule has 0 radical (unpaired) electrons. The molecule has 106 valence electrons. The smallest absolute Gasteiger partial charge is 0.308 e. The molecular formula is C13H17BrClNO3. The second kappa shape index (κ2) is 6.11. The van der Waals surface area contributed by atoms with E-state index in [1.807, 2.05) is 0 Å². The van der Waals surface area contributed by atoms with Crippen LogP contribution < -0.4 is 5.73 Å². The SMILES string of the molecule is CC(C)(C)OC(=O)C[C@H](N)c1cc(Br)cc(Cl)c1O. The summed E-state index contributed by atoms with van der Waals surface area (Å²) in [5, 5.41) is 10.0.